The van der Waals surface area contributed by atoms with Crippen molar-refractivity contribution in [3.63, 3.8) is 0 Å². The number of hydrogen-bond acceptors (Lipinski definition) is 2. The predicted octanol–water partition coefficient (Wildman–Crippen LogP) is 1.59. The first-order valence-corrected chi connectivity index (χ1v) is 4.72. The summed E-state index contributed by atoms with van der Waals surface area (Å²) in [5.74, 6) is 0.795. The number of hydrogen-bond donors (Lipinski definition) is 2. The van der Waals surface area contributed by atoms with Crippen molar-refractivity contribution >= 4 is 0 Å². The molecule has 0 heterocycles. The molecule has 0 saturated heterocycles. The average molecular weight is 156 g/mol. The Kier molecular flexibility index (Phi) is 2.90. The Hall–Kier alpha value is -0.0800. The molecular formula is C9H20N2. The molecule has 0 aliphatic heterocycles. The molecule has 0 radical (unpaired) electrons. The van der Waals surface area contributed by atoms with Crippen LogP contribution in [0.3, 0.4) is 0 Å². The van der Waals surface area contributed by atoms with Gasteiger partial charge in [-0.1, -0.05) is 32.6 Å². The second-order valence-corrected chi connectivity index (χ2v) is 3.98. The van der Waals surface area contributed by atoms with E-state index in [4.69, 9.17) is 11.5 Å². The molecule has 66 valence electrons. The SMILES string of the molecule is CCCC1CCCC(N)(N)C1. The fraction of sp³-hybridized carbons (Fsp3) is 1.00. The summed E-state index contributed by atoms with van der Waals surface area (Å²) < 4.78 is 0. The summed E-state index contributed by atoms with van der Waals surface area (Å²) in [5.41, 5.74) is 11.4. The van der Waals surface area contributed by atoms with E-state index in [0.29, 0.717) is 0 Å². The van der Waals surface area contributed by atoms with Gasteiger partial charge in [0, 0.05) is 0 Å². The van der Waals surface area contributed by atoms with Gasteiger partial charge in [-0.25, -0.2) is 0 Å². The molecule has 2 heteroatoms. The van der Waals surface area contributed by atoms with Crippen LogP contribution in [0.25, 0.3) is 0 Å². The Labute approximate surface area is 69.3 Å². The van der Waals surface area contributed by atoms with Gasteiger partial charge in [0.25, 0.3) is 0 Å². The molecule has 0 aromatic heterocycles. The van der Waals surface area contributed by atoms with Gasteiger partial charge in [0.15, 0.2) is 0 Å². The quantitative estimate of drug-likeness (QED) is 0.596. The third-order valence-corrected chi connectivity index (χ3v) is 2.62. The van der Waals surface area contributed by atoms with E-state index in [1.165, 1.54) is 25.7 Å². The van der Waals surface area contributed by atoms with Gasteiger partial charge in [0.2, 0.25) is 0 Å². The molecule has 4 N–H and O–H groups in total. The fourth-order valence-electron chi connectivity index (χ4n) is 2.12. The summed E-state index contributed by atoms with van der Waals surface area (Å²) in [7, 11) is 0. The van der Waals surface area contributed by atoms with Gasteiger partial charge in [-0.15, -0.1) is 0 Å². The highest BCUT2D eigenvalue weighted by Gasteiger charge is 2.27. The zero-order valence-electron chi connectivity index (χ0n) is 7.47. The summed E-state index contributed by atoms with van der Waals surface area (Å²) in [4.78, 5) is 0. The van der Waals surface area contributed by atoms with E-state index >= 15 is 0 Å². The molecule has 1 fully saturated rings. The first-order chi connectivity index (χ1) is 5.14. The maximum absolute atomic E-state index is 5.88. The van der Waals surface area contributed by atoms with Gasteiger partial charge in [-0.2, -0.15) is 0 Å². The Morgan fingerprint density at radius 2 is 2.18 bits per heavy atom. The van der Waals surface area contributed by atoms with E-state index in [9.17, 15) is 0 Å². The van der Waals surface area contributed by atoms with Crippen molar-refractivity contribution in [2.75, 3.05) is 0 Å². The van der Waals surface area contributed by atoms with Crippen molar-refractivity contribution < 1.29 is 0 Å². The standard InChI is InChI=1S/C9H20N2/c1-2-4-8-5-3-6-9(10,11)7-8/h8H,2-7,10-11H2,1H3. The number of rotatable bonds is 2. The monoisotopic (exact) mass is 156 g/mol. The summed E-state index contributed by atoms with van der Waals surface area (Å²) in [6.07, 6.45) is 7.16. The lowest BCUT2D eigenvalue weighted by Gasteiger charge is -2.34. The first kappa shape index (κ1) is 9.01. The highest BCUT2D eigenvalue weighted by Crippen LogP contribution is 2.30. The van der Waals surface area contributed by atoms with Crippen LogP contribution >= 0.6 is 0 Å². The summed E-state index contributed by atoms with van der Waals surface area (Å²) >= 11 is 0. The second kappa shape index (κ2) is 3.55. The highest BCUT2D eigenvalue weighted by molar-refractivity contribution is 4.84. The van der Waals surface area contributed by atoms with E-state index < -0.39 is 0 Å². The summed E-state index contributed by atoms with van der Waals surface area (Å²) in [6, 6.07) is 0. The third-order valence-electron chi connectivity index (χ3n) is 2.62. The summed E-state index contributed by atoms with van der Waals surface area (Å²) in [5, 5.41) is 0. The maximum Gasteiger partial charge on any atom is 0.0639 e. The van der Waals surface area contributed by atoms with Crippen LogP contribution in [0, 0.1) is 5.92 Å². The third kappa shape index (κ3) is 2.80. The van der Waals surface area contributed by atoms with E-state index in [2.05, 4.69) is 6.92 Å². The zero-order chi connectivity index (χ0) is 8.32. The molecular weight excluding hydrogens is 136 g/mol. The van der Waals surface area contributed by atoms with Gasteiger partial charge >= 0.3 is 0 Å². The molecule has 1 aliphatic rings. The van der Waals surface area contributed by atoms with Crippen molar-refractivity contribution in [3.8, 4) is 0 Å². The Morgan fingerprint density at radius 1 is 1.45 bits per heavy atom. The molecule has 0 bridgehead atoms. The van der Waals surface area contributed by atoms with E-state index in [1.54, 1.807) is 0 Å². The molecule has 2 nitrogen and oxygen atoms in total. The maximum atomic E-state index is 5.88. The molecule has 11 heavy (non-hydrogen) atoms. The van der Waals surface area contributed by atoms with Crippen LogP contribution in [-0.2, 0) is 0 Å². The minimum absolute atomic E-state index is 0.349. The van der Waals surface area contributed by atoms with Gasteiger partial charge < -0.3 is 11.5 Å². The lowest BCUT2D eigenvalue weighted by atomic mass is 9.80. The van der Waals surface area contributed by atoms with Crippen LogP contribution in [0.4, 0.5) is 0 Å². The summed E-state index contributed by atoms with van der Waals surface area (Å²) in [6.45, 7) is 2.23. The van der Waals surface area contributed by atoms with Crippen molar-refractivity contribution in [3.05, 3.63) is 0 Å². The molecule has 1 rings (SSSR count). The van der Waals surface area contributed by atoms with Crippen molar-refractivity contribution in [2.45, 2.75) is 51.1 Å². The fourth-order valence-corrected chi connectivity index (χ4v) is 2.12. The van der Waals surface area contributed by atoms with E-state index in [-0.39, 0.29) is 5.66 Å². The van der Waals surface area contributed by atoms with Gasteiger partial charge in [0.1, 0.15) is 0 Å². The molecule has 1 unspecified atom stereocenters. The molecule has 0 aromatic rings. The first-order valence-electron chi connectivity index (χ1n) is 4.72. The predicted molar refractivity (Wildman–Crippen MR) is 48.0 cm³/mol. The number of nitrogens with two attached hydrogens (primary N) is 2. The molecule has 0 spiro atoms. The van der Waals surface area contributed by atoms with Crippen LogP contribution in [-0.4, -0.2) is 5.66 Å². The van der Waals surface area contributed by atoms with E-state index in [0.717, 1.165) is 18.8 Å². The van der Waals surface area contributed by atoms with Crippen molar-refractivity contribution in [1.29, 1.82) is 0 Å². The smallest absolute Gasteiger partial charge is 0.0639 e. The van der Waals surface area contributed by atoms with Crippen LogP contribution in [0.1, 0.15) is 45.4 Å². The molecule has 0 amide bonds. The Balaban J connectivity index is 2.34. The van der Waals surface area contributed by atoms with E-state index in [1.807, 2.05) is 0 Å². The average Bonchev–Trinajstić information content (AvgIpc) is 1.85. The molecule has 0 aromatic carbocycles. The van der Waals surface area contributed by atoms with Crippen LogP contribution in [0.2, 0.25) is 0 Å². The lowest BCUT2D eigenvalue weighted by Crippen LogP contribution is -2.52. The Bertz CT molecular complexity index is 119. The normalized spacial score (nSPS) is 30.3. The lowest BCUT2D eigenvalue weighted by molar-refractivity contribution is 0.220. The molecule has 1 saturated carbocycles. The van der Waals surface area contributed by atoms with Gasteiger partial charge in [-0.05, 0) is 18.8 Å². The van der Waals surface area contributed by atoms with Gasteiger partial charge in [0.05, 0.1) is 5.66 Å². The molecule has 1 aliphatic carbocycles. The largest absolute Gasteiger partial charge is 0.313 e. The van der Waals surface area contributed by atoms with Crippen LogP contribution < -0.4 is 11.5 Å². The van der Waals surface area contributed by atoms with Crippen LogP contribution in [0.5, 0.6) is 0 Å². The van der Waals surface area contributed by atoms with Crippen molar-refractivity contribution in [1.82, 2.24) is 0 Å². The topological polar surface area (TPSA) is 52.0 Å². The zero-order valence-corrected chi connectivity index (χ0v) is 7.47. The Morgan fingerprint density at radius 3 is 2.73 bits per heavy atom. The highest BCUT2D eigenvalue weighted by atomic mass is 15.0. The van der Waals surface area contributed by atoms with Crippen LogP contribution in [0.15, 0.2) is 0 Å². The minimum atomic E-state index is -0.349. The second-order valence-electron chi connectivity index (χ2n) is 3.98. The minimum Gasteiger partial charge on any atom is -0.313 e. The molecule has 1 atom stereocenters. The van der Waals surface area contributed by atoms with Gasteiger partial charge in [-0.3, -0.25) is 0 Å². The van der Waals surface area contributed by atoms with Crippen molar-refractivity contribution in [2.24, 2.45) is 17.4 Å².